The summed E-state index contributed by atoms with van der Waals surface area (Å²) in [6, 6.07) is -1.14. The molecule has 1 rings (SSSR count). The molecule has 1 N–H and O–H groups in total. The van der Waals surface area contributed by atoms with Crippen molar-refractivity contribution in [3.8, 4) is 0 Å². The van der Waals surface area contributed by atoms with Gasteiger partial charge in [0.05, 0.1) is 5.92 Å². The number of halogens is 1. The molecule has 11 heavy (non-hydrogen) atoms. The lowest BCUT2D eigenvalue weighted by Crippen LogP contribution is -2.30. The fourth-order valence-electron chi connectivity index (χ4n) is 1.05. The number of carbonyl (C=O) groups is 1. The minimum absolute atomic E-state index is 0.314. The van der Waals surface area contributed by atoms with Crippen LogP contribution in [0.3, 0.4) is 0 Å². The minimum atomic E-state index is -1.14. The van der Waals surface area contributed by atoms with Crippen molar-refractivity contribution in [2.45, 2.75) is 26.7 Å². The van der Waals surface area contributed by atoms with Crippen molar-refractivity contribution in [3.63, 3.8) is 0 Å². The van der Waals surface area contributed by atoms with Gasteiger partial charge in [0.15, 0.2) is 0 Å². The summed E-state index contributed by atoms with van der Waals surface area (Å²) in [7, 11) is 0. The Morgan fingerprint density at radius 3 is 2.09 bits per heavy atom. The van der Waals surface area contributed by atoms with E-state index in [0.717, 1.165) is 13.1 Å². The molecule has 1 fully saturated rings. The Morgan fingerprint density at radius 2 is 1.82 bits per heavy atom. The Hall–Kier alpha value is -0.440. The molecule has 0 aliphatic carbocycles. The Balaban J connectivity index is 0.000000461. The molecule has 0 atom stereocenters. The summed E-state index contributed by atoms with van der Waals surface area (Å²) >= 11 is 0. The van der Waals surface area contributed by atoms with Crippen LogP contribution in [0.2, 0.25) is 0 Å². The van der Waals surface area contributed by atoms with Crippen molar-refractivity contribution in [1.82, 2.24) is 5.32 Å². The maximum atomic E-state index is 11.9. The van der Waals surface area contributed by atoms with E-state index in [1.165, 1.54) is 0 Å². The van der Waals surface area contributed by atoms with Gasteiger partial charge in [-0.25, -0.2) is 0 Å². The SMILES string of the molecule is CC.O=C(F)C1CCNCC1. The number of rotatable bonds is 1. The molecular weight excluding hydrogens is 145 g/mol. The molecule has 1 aliphatic rings. The maximum absolute atomic E-state index is 11.9. The second kappa shape index (κ2) is 6.28. The van der Waals surface area contributed by atoms with E-state index in [1.54, 1.807) is 0 Å². The molecule has 1 heterocycles. The molecular formula is C8H16FNO. The van der Waals surface area contributed by atoms with E-state index < -0.39 is 6.04 Å². The van der Waals surface area contributed by atoms with Crippen LogP contribution in [-0.2, 0) is 4.79 Å². The minimum Gasteiger partial charge on any atom is -0.317 e. The van der Waals surface area contributed by atoms with Crippen LogP contribution in [0.5, 0.6) is 0 Å². The summed E-state index contributed by atoms with van der Waals surface area (Å²) in [4.78, 5) is 10.1. The van der Waals surface area contributed by atoms with Crippen molar-refractivity contribution in [2.75, 3.05) is 13.1 Å². The van der Waals surface area contributed by atoms with Gasteiger partial charge in [-0.15, -0.1) is 0 Å². The van der Waals surface area contributed by atoms with Crippen molar-refractivity contribution >= 4 is 6.04 Å². The van der Waals surface area contributed by atoms with E-state index in [2.05, 4.69) is 5.32 Å². The van der Waals surface area contributed by atoms with Crippen LogP contribution in [0.15, 0.2) is 0 Å². The van der Waals surface area contributed by atoms with E-state index in [0.29, 0.717) is 12.8 Å². The zero-order valence-electron chi connectivity index (χ0n) is 7.19. The molecule has 0 spiro atoms. The molecule has 0 saturated carbocycles. The Labute approximate surface area is 67.2 Å². The van der Waals surface area contributed by atoms with Gasteiger partial charge >= 0.3 is 6.04 Å². The van der Waals surface area contributed by atoms with Gasteiger partial charge in [0.2, 0.25) is 0 Å². The van der Waals surface area contributed by atoms with Gasteiger partial charge in [0.25, 0.3) is 0 Å². The van der Waals surface area contributed by atoms with E-state index in [9.17, 15) is 9.18 Å². The van der Waals surface area contributed by atoms with E-state index in [1.807, 2.05) is 13.8 Å². The molecule has 1 saturated heterocycles. The van der Waals surface area contributed by atoms with Crippen LogP contribution in [0.25, 0.3) is 0 Å². The maximum Gasteiger partial charge on any atom is 0.304 e. The summed E-state index contributed by atoms with van der Waals surface area (Å²) in [6.45, 7) is 5.56. The number of piperidine rings is 1. The molecule has 0 bridgehead atoms. The zero-order chi connectivity index (χ0) is 8.69. The molecule has 3 heteroatoms. The van der Waals surface area contributed by atoms with Crippen LogP contribution < -0.4 is 5.32 Å². The number of hydrogen-bond donors (Lipinski definition) is 1. The lowest BCUT2D eigenvalue weighted by Gasteiger charge is -2.17. The second-order valence-corrected chi connectivity index (χ2v) is 2.33. The highest BCUT2D eigenvalue weighted by Gasteiger charge is 2.19. The average molecular weight is 161 g/mol. The Morgan fingerprint density at radius 1 is 1.36 bits per heavy atom. The van der Waals surface area contributed by atoms with Crippen LogP contribution >= 0.6 is 0 Å². The van der Waals surface area contributed by atoms with Gasteiger partial charge in [0.1, 0.15) is 0 Å². The molecule has 0 amide bonds. The smallest absolute Gasteiger partial charge is 0.304 e. The van der Waals surface area contributed by atoms with E-state index >= 15 is 0 Å². The Bertz CT molecular complexity index is 111. The van der Waals surface area contributed by atoms with Gasteiger partial charge in [-0.1, -0.05) is 13.8 Å². The van der Waals surface area contributed by atoms with Crippen molar-refractivity contribution in [3.05, 3.63) is 0 Å². The van der Waals surface area contributed by atoms with Crippen LogP contribution in [-0.4, -0.2) is 19.1 Å². The number of carbonyl (C=O) groups excluding carboxylic acids is 1. The first-order valence-electron chi connectivity index (χ1n) is 4.21. The highest BCUT2D eigenvalue weighted by atomic mass is 19.1. The molecule has 0 aromatic heterocycles. The zero-order valence-corrected chi connectivity index (χ0v) is 7.19. The first-order chi connectivity index (χ1) is 5.30. The fourth-order valence-corrected chi connectivity index (χ4v) is 1.05. The normalized spacial score (nSPS) is 18.5. The third kappa shape index (κ3) is 4.09. The largest absolute Gasteiger partial charge is 0.317 e. The molecule has 0 radical (unpaired) electrons. The summed E-state index contributed by atoms with van der Waals surface area (Å²) < 4.78 is 11.9. The predicted octanol–water partition coefficient (Wildman–Crippen LogP) is 1.51. The fraction of sp³-hybridized carbons (Fsp3) is 0.875. The quantitative estimate of drug-likeness (QED) is 0.590. The van der Waals surface area contributed by atoms with Gasteiger partial charge in [0, 0.05) is 0 Å². The summed E-state index contributed by atoms with van der Waals surface area (Å²) in [5, 5.41) is 3.05. The molecule has 1 aliphatic heterocycles. The van der Waals surface area contributed by atoms with E-state index in [-0.39, 0.29) is 5.92 Å². The predicted molar refractivity (Wildman–Crippen MR) is 43.1 cm³/mol. The van der Waals surface area contributed by atoms with Gasteiger partial charge < -0.3 is 5.32 Å². The monoisotopic (exact) mass is 161 g/mol. The molecule has 0 aromatic carbocycles. The highest BCUT2D eigenvalue weighted by molar-refractivity contribution is 5.71. The third-order valence-corrected chi connectivity index (χ3v) is 1.66. The molecule has 0 unspecified atom stereocenters. The first-order valence-corrected chi connectivity index (χ1v) is 4.21. The summed E-state index contributed by atoms with van der Waals surface area (Å²) in [5.41, 5.74) is 0. The van der Waals surface area contributed by atoms with Crippen molar-refractivity contribution in [1.29, 1.82) is 0 Å². The average Bonchev–Trinajstić information content (AvgIpc) is 2.10. The lowest BCUT2D eigenvalue weighted by molar-refractivity contribution is -0.134. The topological polar surface area (TPSA) is 29.1 Å². The van der Waals surface area contributed by atoms with Gasteiger partial charge in [-0.05, 0) is 25.9 Å². The standard InChI is InChI=1S/C6H10FNO.C2H6/c7-6(9)5-1-3-8-4-2-5;1-2/h5,8H,1-4H2;1-2H3. The van der Waals surface area contributed by atoms with Crippen LogP contribution in [0.4, 0.5) is 4.39 Å². The van der Waals surface area contributed by atoms with Gasteiger partial charge in [-0.3, -0.25) is 4.79 Å². The number of hydrogen-bond acceptors (Lipinski definition) is 2. The first kappa shape index (κ1) is 10.6. The summed E-state index contributed by atoms with van der Waals surface area (Å²) in [6.07, 6.45) is 1.32. The highest BCUT2D eigenvalue weighted by Crippen LogP contribution is 2.12. The van der Waals surface area contributed by atoms with Crippen molar-refractivity contribution in [2.24, 2.45) is 5.92 Å². The summed E-state index contributed by atoms with van der Waals surface area (Å²) in [5.74, 6) is -0.314. The van der Waals surface area contributed by atoms with Crippen LogP contribution in [0, 0.1) is 5.92 Å². The lowest BCUT2D eigenvalue weighted by atomic mass is 9.99. The third-order valence-electron chi connectivity index (χ3n) is 1.66. The number of nitrogens with one attached hydrogen (secondary N) is 1. The van der Waals surface area contributed by atoms with Crippen LogP contribution in [0.1, 0.15) is 26.7 Å². The van der Waals surface area contributed by atoms with Crippen molar-refractivity contribution < 1.29 is 9.18 Å². The van der Waals surface area contributed by atoms with Gasteiger partial charge in [-0.2, -0.15) is 4.39 Å². The Kier molecular flexibility index (Phi) is 6.03. The molecule has 66 valence electrons. The molecule has 2 nitrogen and oxygen atoms in total. The van der Waals surface area contributed by atoms with E-state index in [4.69, 9.17) is 0 Å². The second-order valence-electron chi connectivity index (χ2n) is 2.33. The molecule has 0 aromatic rings.